The van der Waals surface area contributed by atoms with Crippen molar-refractivity contribution >= 4 is 24.0 Å². The van der Waals surface area contributed by atoms with Gasteiger partial charge in [-0.25, -0.2) is 4.68 Å². The number of rotatable bonds is 7. The molecule has 0 aliphatic rings. The van der Waals surface area contributed by atoms with E-state index in [2.05, 4.69) is 37.7 Å². The molecule has 0 spiro atoms. The third-order valence-corrected chi connectivity index (χ3v) is 5.31. The normalized spacial score (nSPS) is 11.2. The Labute approximate surface area is 189 Å². The van der Waals surface area contributed by atoms with Crippen molar-refractivity contribution < 1.29 is 0 Å². The molecule has 4 nitrogen and oxygen atoms in total. The van der Waals surface area contributed by atoms with Gasteiger partial charge in [-0.05, 0) is 51.5 Å². The quantitative estimate of drug-likeness (QED) is 0.462. The smallest absolute Gasteiger partial charge is 0.274 e. The maximum absolute atomic E-state index is 13.2. The average molecular weight is 446 g/mol. The fourth-order valence-corrected chi connectivity index (χ4v) is 3.82. The Balaban J connectivity index is 0.00000320. The molecule has 1 aromatic heterocycles. The summed E-state index contributed by atoms with van der Waals surface area (Å²) in [5.74, 6) is 0. The van der Waals surface area contributed by atoms with E-state index in [1.807, 2.05) is 60.7 Å². The molecule has 0 bridgehead atoms. The highest BCUT2D eigenvalue weighted by molar-refractivity contribution is 6.30. The summed E-state index contributed by atoms with van der Waals surface area (Å²) in [6, 6.07) is 20.0. The monoisotopic (exact) mass is 445 g/mol. The number of benzene rings is 2. The molecule has 0 aliphatic carbocycles. The molecule has 0 saturated heterocycles. The molecular formula is C24H29Cl2N3O. The number of nitrogens with zero attached hydrogens (tertiary/aromatic N) is 3. The number of aromatic nitrogens is 2. The first kappa shape index (κ1) is 24.1. The molecule has 160 valence electrons. The molecule has 0 atom stereocenters. The van der Waals surface area contributed by atoms with Gasteiger partial charge in [0.05, 0.1) is 17.8 Å². The highest BCUT2D eigenvalue weighted by atomic mass is 35.5. The second kappa shape index (κ2) is 10.8. The van der Waals surface area contributed by atoms with Crippen LogP contribution in [0.3, 0.4) is 0 Å². The maximum atomic E-state index is 13.2. The fraction of sp³-hybridized carbons (Fsp3) is 0.333. The first-order chi connectivity index (χ1) is 13.9. The molecule has 3 aromatic rings. The fourth-order valence-electron chi connectivity index (χ4n) is 3.63. The molecule has 0 unspecified atom stereocenters. The molecule has 2 aromatic carbocycles. The van der Waals surface area contributed by atoms with Crippen LogP contribution in [0.2, 0.25) is 5.02 Å². The lowest BCUT2D eigenvalue weighted by molar-refractivity contribution is 0.165. The summed E-state index contributed by atoms with van der Waals surface area (Å²) in [5, 5.41) is 5.33. The van der Waals surface area contributed by atoms with Gasteiger partial charge < -0.3 is 0 Å². The van der Waals surface area contributed by atoms with E-state index < -0.39 is 0 Å². The summed E-state index contributed by atoms with van der Waals surface area (Å²) >= 11 is 6.19. The van der Waals surface area contributed by atoms with E-state index in [9.17, 15) is 4.79 Å². The van der Waals surface area contributed by atoms with Gasteiger partial charge in [0.15, 0.2) is 0 Å². The minimum atomic E-state index is -0.0746. The van der Waals surface area contributed by atoms with Crippen LogP contribution in [0.4, 0.5) is 0 Å². The van der Waals surface area contributed by atoms with Gasteiger partial charge in [0.2, 0.25) is 0 Å². The Morgan fingerprint density at radius 2 is 1.57 bits per heavy atom. The summed E-state index contributed by atoms with van der Waals surface area (Å²) < 4.78 is 1.59. The third-order valence-electron chi connectivity index (χ3n) is 5.08. The summed E-state index contributed by atoms with van der Waals surface area (Å²) in [6.07, 6.45) is 0. The van der Waals surface area contributed by atoms with Gasteiger partial charge in [0, 0.05) is 29.2 Å². The van der Waals surface area contributed by atoms with E-state index in [-0.39, 0.29) is 18.0 Å². The minimum Gasteiger partial charge on any atom is -0.297 e. The van der Waals surface area contributed by atoms with Gasteiger partial charge in [0.1, 0.15) is 0 Å². The summed E-state index contributed by atoms with van der Waals surface area (Å²) in [6.45, 7) is 9.99. The lowest BCUT2D eigenvalue weighted by Gasteiger charge is -2.30. The highest BCUT2D eigenvalue weighted by Gasteiger charge is 2.16. The predicted octanol–water partition coefficient (Wildman–Crippen LogP) is 5.77. The molecule has 3 rings (SSSR count). The van der Waals surface area contributed by atoms with Crippen molar-refractivity contribution in [3.8, 4) is 22.4 Å². The molecule has 0 N–H and O–H groups in total. The van der Waals surface area contributed by atoms with Crippen molar-refractivity contribution in [2.45, 2.75) is 46.3 Å². The van der Waals surface area contributed by atoms with Crippen LogP contribution in [0.25, 0.3) is 22.4 Å². The zero-order chi connectivity index (χ0) is 21.0. The zero-order valence-corrected chi connectivity index (χ0v) is 19.5. The molecule has 0 aliphatic heterocycles. The van der Waals surface area contributed by atoms with Gasteiger partial charge in [0.25, 0.3) is 5.56 Å². The largest absolute Gasteiger partial charge is 0.297 e. The van der Waals surface area contributed by atoms with E-state index in [1.54, 1.807) is 4.68 Å². The lowest BCUT2D eigenvalue weighted by Crippen LogP contribution is -2.41. The molecule has 30 heavy (non-hydrogen) atoms. The van der Waals surface area contributed by atoms with Crippen molar-refractivity contribution in [1.82, 2.24) is 14.7 Å². The van der Waals surface area contributed by atoms with Gasteiger partial charge >= 0.3 is 0 Å². The summed E-state index contributed by atoms with van der Waals surface area (Å²) in [5.41, 5.74) is 3.10. The summed E-state index contributed by atoms with van der Waals surface area (Å²) in [4.78, 5) is 15.6. The van der Waals surface area contributed by atoms with Crippen LogP contribution in [0.15, 0.2) is 65.5 Å². The SMILES string of the molecule is CC(C)N(CCn1nc(-c2cccc(Cl)c2)cc(-c2ccccc2)c1=O)C(C)C.Cl. The van der Waals surface area contributed by atoms with Gasteiger partial charge in [-0.1, -0.05) is 54.1 Å². The molecular weight excluding hydrogens is 417 g/mol. The van der Waals surface area contributed by atoms with Gasteiger partial charge in [-0.15, -0.1) is 12.4 Å². The number of hydrogen-bond acceptors (Lipinski definition) is 3. The van der Waals surface area contributed by atoms with Crippen molar-refractivity contribution in [3.05, 3.63) is 76.0 Å². The van der Waals surface area contributed by atoms with Crippen molar-refractivity contribution in [2.75, 3.05) is 6.54 Å². The molecule has 0 amide bonds. The second-order valence-corrected chi connectivity index (χ2v) is 8.21. The van der Waals surface area contributed by atoms with E-state index in [0.717, 1.165) is 23.4 Å². The number of hydrogen-bond donors (Lipinski definition) is 0. The molecule has 0 fully saturated rings. The standard InChI is InChI=1S/C24H28ClN3O.ClH/c1-17(2)27(18(3)4)13-14-28-24(29)22(19-9-6-5-7-10-19)16-23(26-28)20-11-8-12-21(25)15-20;/h5-12,15-18H,13-14H2,1-4H3;1H. The first-order valence-electron chi connectivity index (χ1n) is 10.1. The number of halogens is 2. The van der Waals surface area contributed by atoms with Crippen LogP contribution in [-0.4, -0.2) is 33.3 Å². The van der Waals surface area contributed by atoms with Crippen LogP contribution >= 0.6 is 24.0 Å². The Kier molecular flexibility index (Phi) is 8.65. The molecule has 0 radical (unpaired) electrons. The van der Waals surface area contributed by atoms with E-state index >= 15 is 0 Å². The molecule has 6 heteroatoms. The van der Waals surface area contributed by atoms with Crippen molar-refractivity contribution in [3.63, 3.8) is 0 Å². The van der Waals surface area contributed by atoms with Gasteiger partial charge in [-0.3, -0.25) is 9.69 Å². The second-order valence-electron chi connectivity index (χ2n) is 7.77. The average Bonchev–Trinajstić information content (AvgIpc) is 2.69. The first-order valence-corrected chi connectivity index (χ1v) is 10.4. The zero-order valence-electron chi connectivity index (χ0n) is 17.9. The van der Waals surface area contributed by atoms with E-state index in [0.29, 0.717) is 29.2 Å². The van der Waals surface area contributed by atoms with Crippen LogP contribution in [-0.2, 0) is 6.54 Å². The van der Waals surface area contributed by atoms with Crippen molar-refractivity contribution in [2.24, 2.45) is 0 Å². The van der Waals surface area contributed by atoms with Gasteiger partial charge in [-0.2, -0.15) is 5.10 Å². The highest BCUT2D eigenvalue weighted by Crippen LogP contribution is 2.24. The lowest BCUT2D eigenvalue weighted by atomic mass is 10.0. The van der Waals surface area contributed by atoms with Crippen LogP contribution in [0.1, 0.15) is 27.7 Å². The van der Waals surface area contributed by atoms with Crippen molar-refractivity contribution in [1.29, 1.82) is 0 Å². The Hall–Kier alpha value is -2.14. The Bertz CT molecular complexity index is 1010. The van der Waals surface area contributed by atoms with E-state index in [4.69, 9.17) is 11.6 Å². The van der Waals surface area contributed by atoms with Crippen LogP contribution < -0.4 is 5.56 Å². The molecule has 0 saturated carbocycles. The summed E-state index contributed by atoms with van der Waals surface area (Å²) in [7, 11) is 0. The van der Waals surface area contributed by atoms with Crippen LogP contribution in [0.5, 0.6) is 0 Å². The topological polar surface area (TPSA) is 38.1 Å². The molecule has 1 heterocycles. The Morgan fingerprint density at radius 1 is 0.933 bits per heavy atom. The van der Waals surface area contributed by atoms with Crippen LogP contribution in [0, 0.1) is 0 Å². The van der Waals surface area contributed by atoms with E-state index in [1.165, 1.54) is 0 Å². The minimum absolute atomic E-state index is 0. The maximum Gasteiger partial charge on any atom is 0.274 e. The third kappa shape index (κ3) is 5.72. The Morgan fingerprint density at radius 3 is 2.17 bits per heavy atom. The predicted molar refractivity (Wildman–Crippen MR) is 129 cm³/mol.